The first-order valence-corrected chi connectivity index (χ1v) is 13.9. The summed E-state index contributed by atoms with van der Waals surface area (Å²) in [6, 6.07) is 1.47. The van der Waals surface area contributed by atoms with E-state index in [-0.39, 0.29) is 37.6 Å². The molecule has 0 radical (unpaired) electrons. The highest BCUT2D eigenvalue weighted by Gasteiger charge is 2.45. The van der Waals surface area contributed by atoms with Gasteiger partial charge in [-0.25, -0.2) is 23.5 Å². The molecule has 36 heavy (non-hydrogen) atoms. The molecule has 0 spiro atoms. The fraction of sp³-hybridized carbons (Fsp3) is 0.600. The van der Waals surface area contributed by atoms with Gasteiger partial charge >= 0.3 is 6.03 Å². The SMILES string of the molecule is C[C@@](CCN1Cc2cc(C#CC#CC3(CO)CC3)cn2C1=O)(C(=O)NOC1CCCCO1)S(C)(=O)=O. The van der Waals surface area contributed by atoms with Crippen LogP contribution in [-0.4, -0.2) is 72.0 Å². The van der Waals surface area contributed by atoms with Crippen LogP contribution < -0.4 is 5.48 Å². The largest absolute Gasteiger partial charge is 0.395 e. The van der Waals surface area contributed by atoms with Crippen molar-refractivity contribution in [3.05, 3.63) is 23.5 Å². The molecular formula is C25H31N3O7S. The van der Waals surface area contributed by atoms with Crippen LogP contribution in [0, 0.1) is 29.1 Å². The molecule has 1 unspecified atom stereocenters. The Hall–Kier alpha value is -2.83. The zero-order chi connectivity index (χ0) is 26.0. The van der Waals surface area contributed by atoms with Crippen molar-refractivity contribution in [2.24, 2.45) is 5.41 Å². The van der Waals surface area contributed by atoms with Gasteiger partial charge in [0.25, 0.3) is 5.91 Å². The van der Waals surface area contributed by atoms with Crippen molar-refractivity contribution in [2.75, 3.05) is 26.0 Å². The molecule has 0 bridgehead atoms. The van der Waals surface area contributed by atoms with Crippen LogP contribution >= 0.6 is 0 Å². The van der Waals surface area contributed by atoms with Gasteiger partial charge in [0.2, 0.25) is 0 Å². The average Bonchev–Trinajstić information content (AvgIpc) is 3.44. The van der Waals surface area contributed by atoms with E-state index < -0.39 is 26.8 Å². The third-order valence-electron chi connectivity index (χ3n) is 7.06. The van der Waals surface area contributed by atoms with Gasteiger partial charge in [-0.05, 0) is 56.9 Å². The van der Waals surface area contributed by atoms with E-state index in [0.29, 0.717) is 18.6 Å². The summed E-state index contributed by atoms with van der Waals surface area (Å²) in [6.07, 6.45) is 6.09. The van der Waals surface area contributed by atoms with E-state index >= 15 is 0 Å². The second-order valence-corrected chi connectivity index (χ2v) is 12.3. The Morgan fingerprint density at radius 1 is 1.36 bits per heavy atom. The zero-order valence-electron chi connectivity index (χ0n) is 20.5. The summed E-state index contributed by atoms with van der Waals surface area (Å²) in [5.41, 5.74) is 3.32. The summed E-state index contributed by atoms with van der Waals surface area (Å²) < 4.78 is 30.2. The maximum atomic E-state index is 12.9. The number of nitrogens with zero attached hydrogens (tertiary/aromatic N) is 2. The van der Waals surface area contributed by atoms with Crippen LogP contribution in [0.25, 0.3) is 0 Å². The van der Waals surface area contributed by atoms with E-state index in [9.17, 15) is 23.1 Å². The minimum absolute atomic E-state index is 0.0362. The number of aromatic nitrogens is 1. The third kappa shape index (κ3) is 5.60. The van der Waals surface area contributed by atoms with Crippen molar-refractivity contribution < 1.29 is 32.7 Å². The second kappa shape index (κ2) is 10.3. The highest BCUT2D eigenvalue weighted by Crippen LogP contribution is 2.44. The molecule has 194 valence electrons. The Morgan fingerprint density at radius 2 is 2.14 bits per heavy atom. The molecule has 0 aromatic carbocycles. The van der Waals surface area contributed by atoms with Crippen LogP contribution in [0.2, 0.25) is 0 Å². The van der Waals surface area contributed by atoms with Gasteiger partial charge in [0, 0.05) is 43.3 Å². The van der Waals surface area contributed by atoms with E-state index in [1.165, 1.54) is 16.4 Å². The van der Waals surface area contributed by atoms with Crippen molar-refractivity contribution in [3.8, 4) is 23.7 Å². The Labute approximate surface area is 211 Å². The summed E-state index contributed by atoms with van der Waals surface area (Å²) in [7, 11) is -3.83. The molecule has 3 aliphatic rings. The average molecular weight is 518 g/mol. The molecule has 1 saturated carbocycles. The number of aliphatic hydroxyl groups is 1. The normalized spacial score (nSPS) is 21.9. The summed E-state index contributed by atoms with van der Waals surface area (Å²) in [4.78, 5) is 32.5. The quantitative estimate of drug-likeness (QED) is 0.391. The van der Waals surface area contributed by atoms with Gasteiger partial charge < -0.3 is 14.7 Å². The van der Waals surface area contributed by atoms with Gasteiger partial charge in [-0.2, -0.15) is 0 Å². The van der Waals surface area contributed by atoms with Crippen LogP contribution in [0.3, 0.4) is 0 Å². The number of sulfone groups is 1. The molecule has 2 amide bonds. The fourth-order valence-corrected chi connectivity index (χ4v) is 4.90. The van der Waals surface area contributed by atoms with Crippen molar-refractivity contribution in [1.29, 1.82) is 0 Å². The van der Waals surface area contributed by atoms with E-state index in [1.807, 2.05) is 0 Å². The molecule has 3 heterocycles. The molecule has 11 heteroatoms. The molecule has 1 aromatic rings. The van der Waals surface area contributed by atoms with E-state index in [2.05, 4.69) is 29.2 Å². The van der Waals surface area contributed by atoms with Gasteiger partial charge in [0.15, 0.2) is 20.9 Å². The van der Waals surface area contributed by atoms with Crippen molar-refractivity contribution in [2.45, 2.75) is 63.0 Å². The Balaban J connectivity index is 1.36. The number of ether oxygens (including phenoxy) is 1. The van der Waals surface area contributed by atoms with Crippen LogP contribution in [0.15, 0.2) is 12.3 Å². The monoisotopic (exact) mass is 517 g/mol. The molecule has 2 aliphatic heterocycles. The van der Waals surface area contributed by atoms with E-state index in [0.717, 1.165) is 37.6 Å². The molecule has 1 saturated heterocycles. The van der Waals surface area contributed by atoms with E-state index in [1.54, 1.807) is 12.3 Å². The lowest BCUT2D eigenvalue weighted by molar-refractivity contribution is -0.201. The van der Waals surface area contributed by atoms with Gasteiger partial charge in [-0.1, -0.05) is 11.8 Å². The van der Waals surface area contributed by atoms with Crippen LogP contribution in [0.4, 0.5) is 4.79 Å². The highest BCUT2D eigenvalue weighted by atomic mass is 32.2. The number of carbonyl (C=O) groups excluding carboxylic acids is 2. The lowest BCUT2D eigenvalue weighted by atomic mass is 10.1. The van der Waals surface area contributed by atoms with Crippen LogP contribution in [0.1, 0.15) is 56.7 Å². The number of fused-ring (bicyclic) bond motifs is 1. The highest BCUT2D eigenvalue weighted by molar-refractivity contribution is 7.92. The summed E-state index contributed by atoms with van der Waals surface area (Å²) in [5.74, 6) is 10.6. The van der Waals surface area contributed by atoms with Crippen LogP contribution in [-0.2, 0) is 30.8 Å². The summed E-state index contributed by atoms with van der Waals surface area (Å²) in [5, 5.41) is 9.29. The smallest absolute Gasteiger partial charge is 0.328 e. The Morgan fingerprint density at radius 3 is 2.75 bits per heavy atom. The van der Waals surface area contributed by atoms with Gasteiger partial charge in [-0.3, -0.25) is 9.36 Å². The number of carbonyl (C=O) groups is 2. The number of nitrogens with one attached hydrogen (secondary N) is 1. The Kier molecular flexibility index (Phi) is 7.48. The minimum Gasteiger partial charge on any atom is -0.395 e. The summed E-state index contributed by atoms with van der Waals surface area (Å²) in [6.45, 7) is 2.23. The third-order valence-corrected chi connectivity index (χ3v) is 9.09. The lowest BCUT2D eigenvalue weighted by Gasteiger charge is -2.29. The Bertz CT molecular complexity index is 1250. The first kappa shape index (κ1) is 26.2. The number of rotatable bonds is 8. The maximum absolute atomic E-state index is 12.9. The molecule has 2 atom stereocenters. The lowest BCUT2D eigenvalue weighted by Crippen LogP contribution is -2.52. The zero-order valence-corrected chi connectivity index (χ0v) is 21.3. The summed E-state index contributed by atoms with van der Waals surface area (Å²) >= 11 is 0. The van der Waals surface area contributed by atoms with Crippen molar-refractivity contribution in [1.82, 2.24) is 14.9 Å². The number of hydrogen-bond donors (Lipinski definition) is 2. The standard InChI is InChI=1S/C25H31N3O7S/c1-24(36(2,32)33,22(30)26-35-21-8-4-6-14-34-21)12-13-27-17-20-15-19(16-28(20)23(27)31)7-3-5-9-25(18-29)10-11-25/h15-16,21,29H,4,6,8,10-14,17-18H2,1-2H3,(H,26,30)/t21?,24-/m1/s1. The van der Waals surface area contributed by atoms with Gasteiger partial charge in [-0.15, -0.1) is 0 Å². The number of hydroxylamine groups is 1. The number of aliphatic hydroxyl groups excluding tert-OH is 1. The predicted octanol–water partition coefficient (Wildman–Crippen LogP) is 1.17. The molecular weight excluding hydrogens is 486 g/mol. The topological polar surface area (TPSA) is 127 Å². The van der Waals surface area contributed by atoms with E-state index in [4.69, 9.17) is 9.57 Å². The molecule has 2 N–H and O–H groups in total. The molecule has 1 aromatic heterocycles. The molecule has 10 nitrogen and oxygen atoms in total. The van der Waals surface area contributed by atoms with Crippen molar-refractivity contribution in [3.63, 3.8) is 0 Å². The molecule has 4 rings (SSSR count). The predicted molar refractivity (Wildman–Crippen MR) is 130 cm³/mol. The number of amides is 2. The van der Waals surface area contributed by atoms with Gasteiger partial charge in [0.05, 0.1) is 18.6 Å². The fourth-order valence-electron chi connectivity index (χ4n) is 4.05. The van der Waals surface area contributed by atoms with Crippen molar-refractivity contribution >= 4 is 21.8 Å². The van der Waals surface area contributed by atoms with Crippen LogP contribution in [0.5, 0.6) is 0 Å². The first-order valence-electron chi connectivity index (χ1n) is 12.0. The molecule has 2 fully saturated rings. The van der Waals surface area contributed by atoms with Gasteiger partial charge in [0.1, 0.15) is 0 Å². The number of hydrogen-bond acceptors (Lipinski definition) is 7. The second-order valence-electron chi connectivity index (χ2n) is 9.83. The minimum atomic E-state index is -3.83. The molecule has 1 aliphatic carbocycles. The first-order chi connectivity index (χ1) is 17.1. The maximum Gasteiger partial charge on any atom is 0.328 e.